The maximum Gasteiger partial charge on any atom is 0.319 e. The van der Waals surface area contributed by atoms with Crippen molar-refractivity contribution in [1.29, 1.82) is 0 Å². The average molecular weight is 315 g/mol. The molecule has 1 aromatic heterocycles. The summed E-state index contributed by atoms with van der Waals surface area (Å²) in [7, 11) is 0. The number of nitrogens with two attached hydrogens (primary N) is 1. The molecule has 8 heteroatoms. The second kappa shape index (κ2) is 6.39. The van der Waals surface area contributed by atoms with Crippen LogP contribution in [0.1, 0.15) is 18.0 Å². The zero-order chi connectivity index (χ0) is 16.2. The van der Waals surface area contributed by atoms with E-state index in [2.05, 4.69) is 15.7 Å². The smallest absolute Gasteiger partial charge is 0.319 e. The zero-order valence-corrected chi connectivity index (χ0v) is 12.4. The lowest BCUT2D eigenvalue weighted by atomic mass is 10.0. The molecule has 0 spiro atoms. The molecule has 0 radical (unpaired) electrons. The molecule has 1 atom stereocenters. The van der Waals surface area contributed by atoms with Crippen LogP contribution in [0.25, 0.3) is 0 Å². The number of carbonyl (C=O) groups excluding carboxylic acids is 2. The van der Waals surface area contributed by atoms with E-state index in [4.69, 9.17) is 10.5 Å². The van der Waals surface area contributed by atoms with Crippen molar-refractivity contribution in [2.45, 2.75) is 19.0 Å². The molecule has 2 aromatic rings. The maximum atomic E-state index is 12.1. The lowest BCUT2D eigenvalue weighted by Gasteiger charge is -2.26. The van der Waals surface area contributed by atoms with E-state index in [1.807, 2.05) is 24.3 Å². The Hall–Kier alpha value is -3.03. The number of hydrogen-bond donors (Lipinski definition) is 3. The van der Waals surface area contributed by atoms with Crippen LogP contribution < -0.4 is 21.1 Å². The first-order valence-electron chi connectivity index (χ1n) is 7.22. The van der Waals surface area contributed by atoms with E-state index in [0.717, 1.165) is 11.3 Å². The lowest BCUT2D eigenvalue weighted by Crippen LogP contribution is -2.35. The SMILES string of the molecule is NC(=O)Cn1cc(NC(=O)NC2CCOc3ccccc32)cn1. The number of hydrogen-bond acceptors (Lipinski definition) is 4. The van der Waals surface area contributed by atoms with Crippen molar-refractivity contribution in [3.05, 3.63) is 42.2 Å². The molecule has 23 heavy (non-hydrogen) atoms. The van der Waals surface area contributed by atoms with Crippen LogP contribution in [0.4, 0.5) is 10.5 Å². The fourth-order valence-corrected chi connectivity index (χ4v) is 2.49. The molecule has 0 bridgehead atoms. The van der Waals surface area contributed by atoms with E-state index in [1.54, 1.807) is 6.20 Å². The molecule has 0 saturated heterocycles. The minimum Gasteiger partial charge on any atom is -0.493 e. The fourth-order valence-electron chi connectivity index (χ4n) is 2.49. The summed E-state index contributed by atoms with van der Waals surface area (Å²) in [5.41, 5.74) is 6.54. The van der Waals surface area contributed by atoms with Gasteiger partial charge in [-0.25, -0.2) is 4.79 Å². The Kier molecular flexibility index (Phi) is 4.13. The van der Waals surface area contributed by atoms with Gasteiger partial charge in [-0.3, -0.25) is 9.48 Å². The van der Waals surface area contributed by atoms with Crippen LogP contribution in [-0.4, -0.2) is 28.3 Å². The molecule has 8 nitrogen and oxygen atoms in total. The topological polar surface area (TPSA) is 111 Å². The number of benzene rings is 1. The molecular weight excluding hydrogens is 298 g/mol. The van der Waals surface area contributed by atoms with Gasteiger partial charge in [0.05, 0.1) is 24.5 Å². The van der Waals surface area contributed by atoms with E-state index in [1.165, 1.54) is 10.9 Å². The Bertz CT molecular complexity index is 727. The minimum absolute atomic E-state index is 0.0311. The van der Waals surface area contributed by atoms with E-state index in [0.29, 0.717) is 18.7 Å². The number of ether oxygens (including phenoxy) is 1. The molecule has 4 N–H and O–H groups in total. The summed E-state index contributed by atoms with van der Waals surface area (Å²) in [6.07, 6.45) is 3.70. The number of aromatic nitrogens is 2. The number of nitrogens with zero attached hydrogens (tertiary/aromatic N) is 2. The van der Waals surface area contributed by atoms with Crippen molar-refractivity contribution in [2.75, 3.05) is 11.9 Å². The van der Waals surface area contributed by atoms with E-state index in [9.17, 15) is 9.59 Å². The van der Waals surface area contributed by atoms with Crippen LogP contribution in [0.15, 0.2) is 36.7 Å². The number of para-hydroxylation sites is 1. The van der Waals surface area contributed by atoms with Gasteiger partial charge in [-0.2, -0.15) is 5.10 Å². The van der Waals surface area contributed by atoms with Gasteiger partial charge in [-0.05, 0) is 6.07 Å². The van der Waals surface area contributed by atoms with Crippen molar-refractivity contribution in [3.63, 3.8) is 0 Å². The summed E-state index contributed by atoms with van der Waals surface area (Å²) < 4.78 is 6.93. The van der Waals surface area contributed by atoms with Crippen molar-refractivity contribution in [2.24, 2.45) is 5.73 Å². The largest absolute Gasteiger partial charge is 0.493 e. The van der Waals surface area contributed by atoms with Crippen molar-refractivity contribution < 1.29 is 14.3 Å². The monoisotopic (exact) mass is 315 g/mol. The van der Waals surface area contributed by atoms with Gasteiger partial charge in [0.2, 0.25) is 5.91 Å². The molecule has 0 fully saturated rings. The van der Waals surface area contributed by atoms with Gasteiger partial charge in [0.15, 0.2) is 0 Å². The molecule has 3 rings (SSSR count). The fraction of sp³-hybridized carbons (Fsp3) is 0.267. The summed E-state index contributed by atoms with van der Waals surface area (Å²) in [5.74, 6) is 0.293. The first-order valence-corrected chi connectivity index (χ1v) is 7.22. The number of nitrogens with one attached hydrogen (secondary N) is 2. The Morgan fingerprint density at radius 2 is 2.22 bits per heavy atom. The summed E-state index contributed by atoms with van der Waals surface area (Å²) in [5, 5.41) is 9.55. The van der Waals surface area contributed by atoms with Crippen LogP contribution in [0.5, 0.6) is 5.75 Å². The molecule has 1 aromatic carbocycles. The van der Waals surface area contributed by atoms with Gasteiger partial charge < -0.3 is 21.1 Å². The van der Waals surface area contributed by atoms with Crippen LogP contribution in [0, 0.1) is 0 Å². The predicted molar refractivity (Wildman–Crippen MR) is 82.9 cm³/mol. The van der Waals surface area contributed by atoms with Crippen LogP contribution in [-0.2, 0) is 11.3 Å². The number of anilines is 1. The molecular formula is C15H17N5O3. The Morgan fingerprint density at radius 1 is 1.39 bits per heavy atom. The number of rotatable bonds is 4. The molecule has 0 saturated carbocycles. The van der Waals surface area contributed by atoms with Gasteiger partial charge in [0.25, 0.3) is 0 Å². The molecule has 2 heterocycles. The molecule has 1 aliphatic rings. The third-order valence-electron chi connectivity index (χ3n) is 3.47. The van der Waals surface area contributed by atoms with Crippen LogP contribution >= 0.6 is 0 Å². The van der Waals surface area contributed by atoms with Gasteiger partial charge >= 0.3 is 6.03 Å². The quantitative estimate of drug-likeness (QED) is 0.782. The number of primary amides is 1. The zero-order valence-electron chi connectivity index (χ0n) is 12.4. The highest BCUT2D eigenvalue weighted by Gasteiger charge is 2.22. The summed E-state index contributed by atoms with van der Waals surface area (Å²) in [6, 6.07) is 7.17. The number of fused-ring (bicyclic) bond motifs is 1. The second-order valence-electron chi connectivity index (χ2n) is 5.22. The van der Waals surface area contributed by atoms with E-state index < -0.39 is 5.91 Å². The van der Waals surface area contributed by atoms with E-state index >= 15 is 0 Å². The standard InChI is InChI=1S/C15H17N5O3/c16-14(21)9-20-8-10(7-17-20)18-15(22)19-12-5-6-23-13-4-2-1-3-11(12)13/h1-4,7-8,12H,5-6,9H2,(H2,16,21)(H2,18,19,22). The lowest BCUT2D eigenvalue weighted by molar-refractivity contribution is -0.118. The highest BCUT2D eigenvalue weighted by atomic mass is 16.5. The van der Waals surface area contributed by atoms with Crippen molar-refractivity contribution in [1.82, 2.24) is 15.1 Å². The number of urea groups is 1. The Morgan fingerprint density at radius 3 is 3.04 bits per heavy atom. The minimum atomic E-state index is -0.497. The Labute approximate surface area is 132 Å². The average Bonchev–Trinajstić information content (AvgIpc) is 2.93. The van der Waals surface area contributed by atoms with Crippen molar-refractivity contribution >= 4 is 17.6 Å². The summed E-state index contributed by atoms with van der Waals surface area (Å²) in [4.78, 5) is 23.0. The highest BCUT2D eigenvalue weighted by molar-refractivity contribution is 5.89. The maximum absolute atomic E-state index is 12.1. The van der Waals surface area contributed by atoms with Crippen molar-refractivity contribution in [3.8, 4) is 5.75 Å². The summed E-state index contributed by atoms with van der Waals surface area (Å²) in [6.45, 7) is 0.523. The Balaban J connectivity index is 1.62. The molecule has 0 aliphatic carbocycles. The molecule has 1 aliphatic heterocycles. The highest BCUT2D eigenvalue weighted by Crippen LogP contribution is 2.31. The molecule has 1 unspecified atom stereocenters. The second-order valence-corrected chi connectivity index (χ2v) is 5.22. The van der Waals surface area contributed by atoms with Gasteiger partial charge in [0, 0.05) is 18.2 Å². The third-order valence-corrected chi connectivity index (χ3v) is 3.47. The molecule has 3 amide bonds. The normalized spacial score (nSPS) is 16.1. The number of carbonyl (C=O) groups is 2. The number of amides is 3. The van der Waals surface area contributed by atoms with Gasteiger partial charge in [0.1, 0.15) is 12.3 Å². The van der Waals surface area contributed by atoms with Gasteiger partial charge in [-0.1, -0.05) is 18.2 Å². The summed E-state index contributed by atoms with van der Waals surface area (Å²) >= 11 is 0. The van der Waals surface area contributed by atoms with Gasteiger partial charge in [-0.15, -0.1) is 0 Å². The van der Waals surface area contributed by atoms with E-state index in [-0.39, 0.29) is 18.6 Å². The third kappa shape index (κ3) is 3.60. The first kappa shape index (κ1) is 14.9. The first-order chi connectivity index (χ1) is 11.1. The molecule has 120 valence electrons. The van der Waals surface area contributed by atoms with Crippen LogP contribution in [0.3, 0.4) is 0 Å². The predicted octanol–water partition coefficient (Wildman–Crippen LogP) is 1.01. The van der Waals surface area contributed by atoms with Crippen LogP contribution in [0.2, 0.25) is 0 Å².